The minimum Gasteiger partial charge on any atom is -0.0887 e. The topological polar surface area (TPSA) is 0 Å². The molecule has 8 heavy (non-hydrogen) atoms. The summed E-state index contributed by atoms with van der Waals surface area (Å²) in [5, 5.41) is 0.974. The van der Waals surface area contributed by atoms with Crippen LogP contribution in [0, 0.1) is 0 Å². The normalized spacial score (nSPS) is 12.1. The maximum atomic E-state index is 5.69. The molecule has 0 aliphatic rings. The lowest BCUT2D eigenvalue weighted by Gasteiger charge is -1.90. The van der Waals surface area contributed by atoms with Gasteiger partial charge in [-0.2, -0.15) is 0 Å². The molecule has 0 fully saturated rings. The van der Waals surface area contributed by atoms with Crippen LogP contribution in [0.25, 0.3) is 0 Å². The lowest BCUT2D eigenvalue weighted by Crippen LogP contribution is -1.73. The Morgan fingerprint density at radius 2 is 2.25 bits per heavy atom. The van der Waals surface area contributed by atoms with Crippen LogP contribution in [-0.2, 0) is 0 Å². The van der Waals surface area contributed by atoms with Gasteiger partial charge in [0, 0.05) is 5.03 Å². The first-order valence-electron chi connectivity index (χ1n) is 2.32. The molecule has 0 aromatic heterocycles. The summed E-state index contributed by atoms with van der Waals surface area (Å²) in [5.74, 6) is 0. The zero-order chi connectivity index (χ0) is 6.41. The van der Waals surface area contributed by atoms with Gasteiger partial charge < -0.3 is 0 Å². The second kappa shape index (κ2) is 6.61. The van der Waals surface area contributed by atoms with Crippen LogP contribution in [0.2, 0.25) is 0 Å². The van der Waals surface area contributed by atoms with Gasteiger partial charge >= 0.3 is 0 Å². The Hall–Kier alpha value is 1.49. The second-order valence-electron chi connectivity index (χ2n) is 1.35. The molecule has 48 valence electrons. The lowest BCUT2D eigenvalue weighted by atomic mass is 10.3. The van der Waals surface area contributed by atoms with Gasteiger partial charge in [0.05, 0.1) is 0 Å². The molecule has 0 aromatic carbocycles. The molecule has 0 bridgehead atoms. The van der Waals surface area contributed by atoms with Gasteiger partial charge in [0.2, 0.25) is 0 Å². The summed E-state index contributed by atoms with van der Waals surface area (Å²) in [7, 11) is 0. The van der Waals surface area contributed by atoms with Crippen molar-refractivity contribution in [3.63, 3.8) is 0 Å². The molecule has 0 saturated carbocycles. The van der Waals surface area contributed by atoms with Gasteiger partial charge in [-0.1, -0.05) is 56.8 Å². The van der Waals surface area contributed by atoms with E-state index in [1.807, 2.05) is 4.08 Å². The Bertz CT molecular complexity index is 80.5. The van der Waals surface area contributed by atoms with Crippen molar-refractivity contribution in [2.75, 3.05) is 4.43 Å². The summed E-state index contributed by atoms with van der Waals surface area (Å²) in [5.41, 5.74) is 0. The summed E-state index contributed by atoms with van der Waals surface area (Å²) < 4.78 is 3.12. The van der Waals surface area contributed by atoms with Crippen LogP contribution >= 0.6 is 56.8 Å². The number of hydrogen-bond acceptors (Lipinski definition) is 0. The molecule has 0 radical (unpaired) electrons. The highest BCUT2D eigenvalue weighted by molar-refractivity contribution is 14.1. The molecular formula is C5H7ClI2. The van der Waals surface area contributed by atoms with Crippen molar-refractivity contribution in [3.05, 3.63) is 9.12 Å². The Morgan fingerprint density at radius 3 is 2.62 bits per heavy atom. The third-order valence-corrected chi connectivity index (χ3v) is 2.85. The van der Waals surface area contributed by atoms with E-state index in [1.54, 1.807) is 0 Å². The molecule has 0 amide bonds. The Morgan fingerprint density at radius 1 is 1.62 bits per heavy atom. The van der Waals surface area contributed by atoms with E-state index in [-0.39, 0.29) is 0 Å². The SMILES string of the molecule is Cl/C(=C/I)CCCI. The fraction of sp³-hybridized carbons (Fsp3) is 0.600. The minimum absolute atomic E-state index is 0.974. The maximum absolute atomic E-state index is 5.69. The van der Waals surface area contributed by atoms with Gasteiger partial charge in [0.1, 0.15) is 0 Å². The minimum atomic E-state index is 0.974. The molecule has 0 atom stereocenters. The van der Waals surface area contributed by atoms with Crippen LogP contribution in [0.5, 0.6) is 0 Å². The third kappa shape index (κ3) is 5.62. The Balaban J connectivity index is 3.12. The van der Waals surface area contributed by atoms with Gasteiger partial charge in [-0.15, -0.1) is 0 Å². The first-order chi connectivity index (χ1) is 3.81. The molecule has 0 nitrogen and oxygen atoms in total. The molecule has 0 aliphatic heterocycles. The highest BCUT2D eigenvalue weighted by Crippen LogP contribution is 2.12. The van der Waals surface area contributed by atoms with Crippen molar-refractivity contribution >= 4 is 56.8 Å². The molecule has 0 unspecified atom stereocenters. The smallest absolute Gasteiger partial charge is 0.0241 e. The van der Waals surface area contributed by atoms with Gasteiger partial charge in [-0.05, 0) is 21.4 Å². The van der Waals surface area contributed by atoms with Crippen LogP contribution in [0.1, 0.15) is 12.8 Å². The highest BCUT2D eigenvalue weighted by Gasteiger charge is 1.87. The van der Waals surface area contributed by atoms with Crippen LogP contribution in [0.15, 0.2) is 9.12 Å². The first-order valence-corrected chi connectivity index (χ1v) is 5.47. The fourth-order valence-corrected chi connectivity index (χ4v) is 1.12. The number of alkyl halides is 1. The summed E-state index contributed by atoms with van der Waals surface area (Å²) in [6.45, 7) is 0. The Kier molecular flexibility index (Phi) is 7.84. The standard InChI is InChI=1S/C5H7ClI2/c6-5(4-8)2-1-3-7/h4H,1-3H2/b5-4+. The first kappa shape index (κ1) is 9.49. The largest absolute Gasteiger partial charge is 0.0887 e. The summed E-state index contributed by atoms with van der Waals surface area (Å²) in [6.07, 6.45) is 2.23. The van der Waals surface area contributed by atoms with E-state index in [4.69, 9.17) is 11.6 Å². The van der Waals surface area contributed by atoms with Gasteiger partial charge in [0.15, 0.2) is 0 Å². The summed E-state index contributed by atoms with van der Waals surface area (Å²) in [6, 6.07) is 0. The average Bonchev–Trinajstić information content (AvgIpc) is 1.83. The highest BCUT2D eigenvalue weighted by atomic mass is 127. The molecule has 0 rings (SSSR count). The zero-order valence-corrected chi connectivity index (χ0v) is 9.40. The van der Waals surface area contributed by atoms with Crippen molar-refractivity contribution in [2.45, 2.75) is 12.8 Å². The molecule has 0 spiro atoms. The fourth-order valence-electron chi connectivity index (χ4n) is 0.290. The molecular weight excluding hydrogens is 349 g/mol. The van der Waals surface area contributed by atoms with Crippen molar-refractivity contribution in [3.8, 4) is 0 Å². The van der Waals surface area contributed by atoms with E-state index in [1.165, 1.54) is 10.8 Å². The third-order valence-electron chi connectivity index (χ3n) is 0.668. The molecule has 0 heterocycles. The van der Waals surface area contributed by atoms with Crippen LogP contribution in [0.3, 0.4) is 0 Å². The van der Waals surface area contributed by atoms with Crippen molar-refractivity contribution < 1.29 is 0 Å². The second-order valence-corrected chi connectivity index (χ2v) is 3.54. The van der Waals surface area contributed by atoms with Gasteiger partial charge in [-0.25, -0.2) is 0 Å². The van der Waals surface area contributed by atoms with Gasteiger partial charge in [-0.3, -0.25) is 0 Å². The average molecular weight is 356 g/mol. The van der Waals surface area contributed by atoms with Crippen LogP contribution < -0.4 is 0 Å². The molecule has 0 aliphatic carbocycles. The van der Waals surface area contributed by atoms with E-state index in [9.17, 15) is 0 Å². The molecule has 0 saturated heterocycles. The van der Waals surface area contributed by atoms with Crippen LogP contribution in [-0.4, -0.2) is 4.43 Å². The number of halogens is 3. The van der Waals surface area contributed by atoms with E-state index in [0.717, 1.165) is 11.5 Å². The molecule has 3 heteroatoms. The maximum Gasteiger partial charge on any atom is 0.0241 e. The number of hydrogen-bond donors (Lipinski definition) is 0. The van der Waals surface area contributed by atoms with Crippen molar-refractivity contribution in [1.29, 1.82) is 0 Å². The Labute approximate surface area is 82.3 Å². The molecule has 0 N–H and O–H groups in total. The van der Waals surface area contributed by atoms with Crippen molar-refractivity contribution in [1.82, 2.24) is 0 Å². The monoisotopic (exact) mass is 356 g/mol. The summed E-state index contributed by atoms with van der Waals surface area (Å²) in [4.78, 5) is 0. The summed E-state index contributed by atoms with van der Waals surface area (Å²) >= 11 is 10.2. The van der Waals surface area contributed by atoms with E-state index in [2.05, 4.69) is 45.2 Å². The van der Waals surface area contributed by atoms with E-state index in [0.29, 0.717) is 0 Å². The van der Waals surface area contributed by atoms with E-state index >= 15 is 0 Å². The predicted molar refractivity (Wildman–Crippen MR) is 56.1 cm³/mol. The predicted octanol–water partition coefficient (Wildman–Crippen LogP) is 3.72. The molecule has 0 aromatic rings. The van der Waals surface area contributed by atoms with Gasteiger partial charge in [0.25, 0.3) is 0 Å². The number of allylic oxidation sites excluding steroid dienone is 1. The van der Waals surface area contributed by atoms with Crippen molar-refractivity contribution in [2.24, 2.45) is 0 Å². The quantitative estimate of drug-likeness (QED) is 0.534. The van der Waals surface area contributed by atoms with E-state index < -0.39 is 0 Å². The zero-order valence-electron chi connectivity index (χ0n) is 4.33. The van der Waals surface area contributed by atoms with Crippen LogP contribution in [0.4, 0.5) is 0 Å². The lowest BCUT2D eigenvalue weighted by molar-refractivity contribution is 0.974. The number of rotatable bonds is 3.